The molecule has 0 bridgehead atoms. The lowest BCUT2D eigenvalue weighted by molar-refractivity contribution is -0.186. The maximum absolute atomic E-state index is 11.1. The van der Waals surface area contributed by atoms with Crippen LogP contribution >= 0.6 is 0 Å². The number of ether oxygens (including phenoxy) is 3. The Morgan fingerprint density at radius 2 is 1.93 bits per heavy atom. The standard InChI is InChI=1S/C10H20O4/c1-5-7-8-12-9(11)14-10(3,4)13-6-2/h5-8H2,1-4H3. The van der Waals surface area contributed by atoms with Gasteiger partial charge in [0.25, 0.3) is 0 Å². The normalized spacial score (nSPS) is 11.1. The Labute approximate surface area is 85.5 Å². The molecule has 4 nitrogen and oxygen atoms in total. The van der Waals surface area contributed by atoms with Crippen molar-refractivity contribution >= 4 is 6.16 Å². The van der Waals surface area contributed by atoms with Crippen LogP contribution in [-0.4, -0.2) is 25.2 Å². The van der Waals surface area contributed by atoms with E-state index in [9.17, 15) is 4.79 Å². The van der Waals surface area contributed by atoms with Gasteiger partial charge in [-0.2, -0.15) is 0 Å². The van der Waals surface area contributed by atoms with E-state index < -0.39 is 11.9 Å². The van der Waals surface area contributed by atoms with E-state index in [1.54, 1.807) is 13.8 Å². The molecule has 0 saturated carbocycles. The molecule has 0 aromatic heterocycles. The first kappa shape index (κ1) is 13.2. The average molecular weight is 204 g/mol. The van der Waals surface area contributed by atoms with Gasteiger partial charge in [-0.3, -0.25) is 0 Å². The number of hydrogen-bond acceptors (Lipinski definition) is 4. The molecule has 0 aliphatic carbocycles. The fraction of sp³-hybridized carbons (Fsp3) is 0.900. The molecule has 0 spiro atoms. The molecule has 0 unspecified atom stereocenters. The highest BCUT2D eigenvalue weighted by molar-refractivity contribution is 5.60. The molecule has 0 aromatic carbocycles. The van der Waals surface area contributed by atoms with E-state index in [1.165, 1.54) is 0 Å². The molecule has 0 N–H and O–H groups in total. The maximum Gasteiger partial charge on any atom is 0.510 e. The van der Waals surface area contributed by atoms with Crippen LogP contribution in [0.3, 0.4) is 0 Å². The molecule has 0 aliphatic rings. The van der Waals surface area contributed by atoms with Crippen LogP contribution in [0.1, 0.15) is 40.5 Å². The van der Waals surface area contributed by atoms with E-state index in [1.807, 2.05) is 13.8 Å². The summed E-state index contributed by atoms with van der Waals surface area (Å²) < 4.78 is 14.9. The predicted octanol–water partition coefficient (Wildman–Crippen LogP) is 2.71. The number of unbranched alkanes of at least 4 members (excludes halogenated alkanes) is 1. The topological polar surface area (TPSA) is 44.8 Å². The first-order valence-corrected chi connectivity index (χ1v) is 5.01. The van der Waals surface area contributed by atoms with Crippen LogP contribution in [0, 0.1) is 0 Å². The fourth-order valence-corrected chi connectivity index (χ4v) is 0.907. The monoisotopic (exact) mass is 204 g/mol. The summed E-state index contributed by atoms with van der Waals surface area (Å²) in [4.78, 5) is 11.1. The van der Waals surface area contributed by atoms with Crippen molar-refractivity contribution in [3.63, 3.8) is 0 Å². The highest BCUT2D eigenvalue weighted by Gasteiger charge is 2.23. The van der Waals surface area contributed by atoms with Crippen LogP contribution < -0.4 is 0 Å². The zero-order valence-electron chi connectivity index (χ0n) is 9.46. The minimum atomic E-state index is -0.905. The van der Waals surface area contributed by atoms with Gasteiger partial charge in [0, 0.05) is 20.5 Å². The summed E-state index contributed by atoms with van der Waals surface area (Å²) >= 11 is 0. The van der Waals surface area contributed by atoms with Gasteiger partial charge in [-0.15, -0.1) is 0 Å². The summed E-state index contributed by atoms with van der Waals surface area (Å²) in [6, 6.07) is 0. The highest BCUT2D eigenvalue weighted by Crippen LogP contribution is 2.11. The lowest BCUT2D eigenvalue weighted by Gasteiger charge is -2.23. The molecule has 0 amide bonds. The van der Waals surface area contributed by atoms with Gasteiger partial charge in [-0.1, -0.05) is 13.3 Å². The van der Waals surface area contributed by atoms with Gasteiger partial charge in [0.1, 0.15) is 0 Å². The van der Waals surface area contributed by atoms with Gasteiger partial charge in [-0.25, -0.2) is 4.79 Å². The number of carbonyl (C=O) groups excluding carboxylic acids is 1. The number of carbonyl (C=O) groups is 1. The maximum atomic E-state index is 11.1. The lowest BCUT2D eigenvalue weighted by atomic mass is 10.4. The summed E-state index contributed by atoms with van der Waals surface area (Å²) in [5.41, 5.74) is 0. The second-order valence-corrected chi connectivity index (χ2v) is 3.39. The SMILES string of the molecule is CCCCOC(=O)OC(C)(C)OCC. The quantitative estimate of drug-likeness (QED) is 0.379. The summed E-state index contributed by atoms with van der Waals surface area (Å²) in [6.07, 6.45) is 1.17. The summed E-state index contributed by atoms with van der Waals surface area (Å²) in [5.74, 6) is -0.905. The van der Waals surface area contributed by atoms with E-state index in [0.29, 0.717) is 13.2 Å². The fourth-order valence-electron chi connectivity index (χ4n) is 0.907. The summed E-state index contributed by atoms with van der Waals surface area (Å²) in [5, 5.41) is 0. The molecule has 0 fully saturated rings. The van der Waals surface area contributed by atoms with Crippen LogP contribution in [-0.2, 0) is 14.2 Å². The molecule has 0 aromatic rings. The predicted molar refractivity (Wildman–Crippen MR) is 53.0 cm³/mol. The molecule has 0 rings (SSSR count). The zero-order chi connectivity index (χ0) is 11.0. The van der Waals surface area contributed by atoms with Crippen molar-refractivity contribution in [1.82, 2.24) is 0 Å². The Morgan fingerprint density at radius 1 is 1.29 bits per heavy atom. The van der Waals surface area contributed by atoms with Crippen molar-refractivity contribution in [1.29, 1.82) is 0 Å². The number of hydrogen-bond donors (Lipinski definition) is 0. The molecule has 0 atom stereocenters. The van der Waals surface area contributed by atoms with Crippen LogP contribution in [0.2, 0.25) is 0 Å². The summed E-state index contributed by atoms with van der Waals surface area (Å²) in [7, 11) is 0. The van der Waals surface area contributed by atoms with Gasteiger partial charge < -0.3 is 14.2 Å². The molecule has 4 heteroatoms. The van der Waals surface area contributed by atoms with Crippen molar-refractivity contribution in [3.8, 4) is 0 Å². The summed E-state index contributed by atoms with van der Waals surface area (Å²) in [6.45, 7) is 8.12. The molecular weight excluding hydrogens is 184 g/mol. The Balaban J connectivity index is 3.69. The van der Waals surface area contributed by atoms with Crippen LogP contribution in [0.25, 0.3) is 0 Å². The highest BCUT2D eigenvalue weighted by atomic mass is 16.8. The van der Waals surface area contributed by atoms with Crippen molar-refractivity contribution in [2.45, 2.75) is 46.3 Å². The van der Waals surface area contributed by atoms with E-state index in [0.717, 1.165) is 12.8 Å². The molecule has 84 valence electrons. The second kappa shape index (κ2) is 6.65. The van der Waals surface area contributed by atoms with E-state index >= 15 is 0 Å². The minimum Gasteiger partial charge on any atom is -0.434 e. The van der Waals surface area contributed by atoms with Gasteiger partial charge >= 0.3 is 6.16 Å². The third-order valence-electron chi connectivity index (χ3n) is 1.54. The van der Waals surface area contributed by atoms with Crippen molar-refractivity contribution in [2.24, 2.45) is 0 Å². The van der Waals surface area contributed by atoms with Gasteiger partial charge in [0.2, 0.25) is 5.79 Å². The number of rotatable bonds is 6. The van der Waals surface area contributed by atoms with Crippen molar-refractivity contribution in [3.05, 3.63) is 0 Å². The largest absolute Gasteiger partial charge is 0.510 e. The lowest BCUT2D eigenvalue weighted by Crippen LogP contribution is -2.31. The Bertz CT molecular complexity index is 166. The molecule has 0 heterocycles. The molecule has 0 saturated heterocycles. The van der Waals surface area contributed by atoms with Crippen LogP contribution in [0.4, 0.5) is 4.79 Å². The van der Waals surface area contributed by atoms with Gasteiger partial charge in [0.15, 0.2) is 0 Å². The van der Waals surface area contributed by atoms with E-state index in [-0.39, 0.29) is 0 Å². The van der Waals surface area contributed by atoms with E-state index in [2.05, 4.69) is 0 Å². The minimum absolute atomic E-state index is 0.400. The van der Waals surface area contributed by atoms with Crippen molar-refractivity contribution < 1.29 is 19.0 Å². The van der Waals surface area contributed by atoms with E-state index in [4.69, 9.17) is 14.2 Å². The Kier molecular flexibility index (Phi) is 6.28. The van der Waals surface area contributed by atoms with Crippen LogP contribution in [0.5, 0.6) is 0 Å². The second-order valence-electron chi connectivity index (χ2n) is 3.39. The smallest absolute Gasteiger partial charge is 0.434 e. The average Bonchev–Trinajstić information content (AvgIpc) is 2.03. The first-order chi connectivity index (χ1) is 6.52. The first-order valence-electron chi connectivity index (χ1n) is 5.01. The Hall–Kier alpha value is -0.770. The third kappa shape index (κ3) is 6.71. The van der Waals surface area contributed by atoms with Gasteiger partial charge in [0.05, 0.1) is 6.61 Å². The van der Waals surface area contributed by atoms with Crippen molar-refractivity contribution in [2.75, 3.05) is 13.2 Å². The van der Waals surface area contributed by atoms with Gasteiger partial charge in [-0.05, 0) is 13.3 Å². The molecule has 14 heavy (non-hydrogen) atoms. The molecular formula is C10H20O4. The zero-order valence-corrected chi connectivity index (χ0v) is 9.46. The molecule has 0 radical (unpaired) electrons. The Morgan fingerprint density at radius 3 is 2.43 bits per heavy atom. The third-order valence-corrected chi connectivity index (χ3v) is 1.54. The molecule has 0 aliphatic heterocycles. The van der Waals surface area contributed by atoms with Crippen LogP contribution in [0.15, 0.2) is 0 Å².